The number of hydrogen-bond acceptors (Lipinski definition) is 4. The molecule has 168 valence electrons. The van der Waals surface area contributed by atoms with Crippen molar-refractivity contribution in [1.29, 1.82) is 0 Å². The van der Waals surface area contributed by atoms with Gasteiger partial charge in [0, 0.05) is 11.3 Å². The first-order valence-electron chi connectivity index (χ1n) is 10.5. The lowest BCUT2D eigenvalue weighted by Crippen LogP contribution is -2.15. The van der Waals surface area contributed by atoms with Gasteiger partial charge >= 0.3 is 0 Å². The largest absolute Gasteiger partial charge is 0.323 e. The van der Waals surface area contributed by atoms with Crippen LogP contribution in [-0.4, -0.2) is 26.4 Å². The molecule has 0 saturated heterocycles. The molecule has 5 aromatic rings. The van der Waals surface area contributed by atoms with Crippen LogP contribution in [0, 0.1) is 0 Å². The maximum Gasteiger partial charge on any atom is 0.234 e. The Kier molecular flexibility index (Phi) is 6.54. The van der Waals surface area contributed by atoms with Gasteiger partial charge in [0.25, 0.3) is 0 Å². The smallest absolute Gasteiger partial charge is 0.234 e. The number of hydrogen-bond donors (Lipinski definition) is 1. The van der Waals surface area contributed by atoms with Crippen LogP contribution in [0.25, 0.3) is 27.8 Å². The van der Waals surface area contributed by atoms with Gasteiger partial charge in [-0.25, -0.2) is 0 Å². The number of benzene rings is 4. The predicted molar refractivity (Wildman–Crippen MR) is 140 cm³/mol. The normalized spacial score (nSPS) is 11.0. The molecule has 5 rings (SSSR count). The van der Waals surface area contributed by atoms with Gasteiger partial charge in [0.2, 0.25) is 5.91 Å². The Morgan fingerprint density at radius 2 is 1.50 bits per heavy atom. The minimum absolute atomic E-state index is 0.113. The van der Waals surface area contributed by atoms with Crippen molar-refractivity contribution >= 4 is 57.3 Å². The molecule has 0 bridgehead atoms. The van der Waals surface area contributed by atoms with Crippen LogP contribution in [0.15, 0.2) is 96.2 Å². The Bertz CT molecular complexity index is 1460. The third kappa shape index (κ3) is 4.53. The summed E-state index contributed by atoms with van der Waals surface area (Å²) in [6.45, 7) is 0. The van der Waals surface area contributed by atoms with E-state index in [1.165, 1.54) is 11.8 Å². The number of nitrogens with zero attached hydrogens (tertiary/aromatic N) is 3. The minimum Gasteiger partial charge on any atom is -0.323 e. The molecule has 0 saturated carbocycles. The summed E-state index contributed by atoms with van der Waals surface area (Å²) < 4.78 is 1.97. The fraction of sp³-hybridized carbons (Fsp3) is 0.0385. The van der Waals surface area contributed by atoms with Gasteiger partial charge in [-0.2, -0.15) is 0 Å². The van der Waals surface area contributed by atoms with Crippen LogP contribution in [0.3, 0.4) is 0 Å². The van der Waals surface area contributed by atoms with Gasteiger partial charge in [0.1, 0.15) is 0 Å². The topological polar surface area (TPSA) is 59.8 Å². The van der Waals surface area contributed by atoms with E-state index in [2.05, 4.69) is 33.7 Å². The molecule has 1 heterocycles. The monoisotopic (exact) mass is 504 g/mol. The van der Waals surface area contributed by atoms with Gasteiger partial charge in [-0.15, -0.1) is 10.2 Å². The summed E-state index contributed by atoms with van der Waals surface area (Å²) in [5.41, 5.74) is 2.28. The van der Waals surface area contributed by atoms with Crippen LogP contribution in [0.1, 0.15) is 0 Å². The summed E-state index contributed by atoms with van der Waals surface area (Å²) in [6, 6.07) is 29.2. The zero-order valence-corrected chi connectivity index (χ0v) is 20.1. The van der Waals surface area contributed by atoms with Crippen LogP contribution >= 0.6 is 35.0 Å². The molecule has 0 atom stereocenters. The van der Waals surface area contributed by atoms with Gasteiger partial charge in [-0.05, 0) is 35.0 Å². The lowest BCUT2D eigenvalue weighted by atomic mass is 10.0. The highest BCUT2D eigenvalue weighted by Gasteiger charge is 2.19. The van der Waals surface area contributed by atoms with E-state index in [-0.39, 0.29) is 11.7 Å². The molecule has 0 aliphatic rings. The van der Waals surface area contributed by atoms with Crippen molar-refractivity contribution in [2.45, 2.75) is 5.16 Å². The van der Waals surface area contributed by atoms with E-state index in [0.29, 0.717) is 26.7 Å². The van der Waals surface area contributed by atoms with Gasteiger partial charge in [0.05, 0.1) is 21.5 Å². The highest BCUT2D eigenvalue weighted by Crippen LogP contribution is 2.33. The first kappa shape index (κ1) is 22.5. The molecule has 0 fully saturated rings. The van der Waals surface area contributed by atoms with Crippen molar-refractivity contribution in [2.75, 3.05) is 11.1 Å². The minimum atomic E-state index is -0.241. The van der Waals surface area contributed by atoms with Gasteiger partial charge < -0.3 is 5.32 Å². The number of carbonyl (C=O) groups is 1. The predicted octanol–water partition coefficient (Wildman–Crippen LogP) is 7.13. The fourth-order valence-corrected chi connectivity index (χ4v) is 4.93. The quantitative estimate of drug-likeness (QED) is 0.250. The standard InChI is InChI=1S/C26H18Cl2N4OS/c27-21-14-7-15-22(28)24(21)29-23(33)16-34-26-31-30-25(32(26)18-10-2-1-3-11-18)20-13-6-9-17-8-4-5-12-19(17)20/h1-15H,16H2,(H,29,33). The van der Waals surface area contributed by atoms with E-state index < -0.39 is 0 Å². The van der Waals surface area contributed by atoms with Crippen molar-refractivity contribution in [1.82, 2.24) is 14.8 Å². The average molecular weight is 505 g/mol. The number of rotatable bonds is 6. The van der Waals surface area contributed by atoms with Crippen LogP contribution in [0.2, 0.25) is 10.0 Å². The van der Waals surface area contributed by atoms with Crippen molar-refractivity contribution < 1.29 is 4.79 Å². The molecule has 8 heteroatoms. The third-order valence-corrected chi connectivity index (χ3v) is 6.80. The van der Waals surface area contributed by atoms with E-state index in [9.17, 15) is 4.79 Å². The van der Waals surface area contributed by atoms with Crippen molar-refractivity contribution in [2.24, 2.45) is 0 Å². The number of para-hydroxylation sites is 2. The Balaban J connectivity index is 1.49. The SMILES string of the molecule is O=C(CSc1nnc(-c2cccc3ccccc23)n1-c1ccccc1)Nc1c(Cl)cccc1Cl. The lowest BCUT2D eigenvalue weighted by Gasteiger charge is -2.12. The summed E-state index contributed by atoms with van der Waals surface area (Å²) >= 11 is 13.7. The Labute approximate surface area is 210 Å². The second kappa shape index (κ2) is 9.89. The maximum atomic E-state index is 12.7. The zero-order valence-electron chi connectivity index (χ0n) is 17.8. The molecule has 0 radical (unpaired) electrons. The molecule has 4 aromatic carbocycles. The summed E-state index contributed by atoms with van der Waals surface area (Å²) in [5.74, 6) is 0.580. The van der Waals surface area contributed by atoms with Crippen LogP contribution in [-0.2, 0) is 4.79 Å². The molecule has 0 spiro atoms. The molecule has 1 amide bonds. The van der Waals surface area contributed by atoms with Crippen LogP contribution in [0.5, 0.6) is 0 Å². The molecule has 0 aliphatic carbocycles. The number of nitrogens with one attached hydrogen (secondary N) is 1. The molecule has 0 unspecified atom stereocenters. The molecule has 5 nitrogen and oxygen atoms in total. The molecule has 0 aliphatic heterocycles. The molecular formula is C26H18Cl2N4OS. The first-order chi connectivity index (χ1) is 16.6. The summed E-state index contributed by atoms with van der Waals surface area (Å²) in [6.07, 6.45) is 0. The Morgan fingerprint density at radius 3 is 2.29 bits per heavy atom. The molecule has 1 N–H and O–H groups in total. The number of thioether (sulfide) groups is 1. The summed E-state index contributed by atoms with van der Waals surface area (Å²) in [4.78, 5) is 12.7. The third-order valence-electron chi connectivity index (χ3n) is 5.24. The molecule has 34 heavy (non-hydrogen) atoms. The Morgan fingerprint density at radius 1 is 0.824 bits per heavy atom. The highest BCUT2D eigenvalue weighted by atomic mass is 35.5. The zero-order chi connectivity index (χ0) is 23.5. The van der Waals surface area contributed by atoms with Crippen molar-refractivity contribution in [3.05, 3.63) is 101 Å². The van der Waals surface area contributed by atoms with Gasteiger partial charge in [-0.3, -0.25) is 9.36 Å². The number of aromatic nitrogens is 3. The molecule has 1 aromatic heterocycles. The average Bonchev–Trinajstić information content (AvgIpc) is 3.29. The molecular weight excluding hydrogens is 487 g/mol. The summed E-state index contributed by atoms with van der Waals surface area (Å²) in [7, 11) is 0. The van der Waals surface area contributed by atoms with E-state index in [1.54, 1.807) is 18.2 Å². The first-order valence-corrected chi connectivity index (χ1v) is 12.2. The fourth-order valence-electron chi connectivity index (χ4n) is 3.69. The van der Waals surface area contributed by atoms with Crippen LogP contribution in [0.4, 0.5) is 5.69 Å². The lowest BCUT2D eigenvalue weighted by molar-refractivity contribution is -0.113. The van der Waals surface area contributed by atoms with E-state index in [0.717, 1.165) is 22.0 Å². The second-order valence-electron chi connectivity index (χ2n) is 7.44. The highest BCUT2D eigenvalue weighted by molar-refractivity contribution is 7.99. The number of anilines is 1. The van der Waals surface area contributed by atoms with Crippen LogP contribution < -0.4 is 5.32 Å². The number of amides is 1. The van der Waals surface area contributed by atoms with E-state index in [4.69, 9.17) is 23.2 Å². The number of fused-ring (bicyclic) bond motifs is 1. The summed E-state index contributed by atoms with van der Waals surface area (Å²) in [5, 5.41) is 15.3. The number of halogens is 2. The number of carbonyl (C=O) groups excluding carboxylic acids is 1. The maximum absolute atomic E-state index is 12.7. The van der Waals surface area contributed by atoms with E-state index >= 15 is 0 Å². The van der Waals surface area contributed by atoms with E-state index in [1.807, 2.05) is 59.2 Å². The second-order valence-corrected chi connectivity index (χ2v) is 9.19. The van der Waals surface area contributed by atoms with Crippen molar-refractivity contribution in [3.63, 3.8) is 0 Å². The Hall–Kier alpha value is -3.32. The van der Waals surface area contributed by atoms with Gasteiger partial charge in [0.15, 0.2) is 11.0 Å². The van der Waals surface area contributed by atoms with Crippen molar-refractivity contribution in [3.8, 4) is 17.1 Å². The van der Waals surface area contributed by atoms with Gasteiger partial charge in [-0.1, -0.05) is 102 Å².